The van der Waals surface area contributed by atoms with Gasteiger partial charge in [-0.15, -0.1) is 0 Å². The van der Waals surface area contributed by atoms with Gasteiger partial charge < -0.3 is 9.47 Å². The Balaban J connectivity index is 1.74. The van der Waals surface area contributed by atoms with Crippen molar-refractivity contribution in [1.29, 1.82) is 0 Å². The largest absolute Gasteiger partial charge is 0.490 e. The number of benzene rings is 1. The SMILES string of the molecule is CCOc1cccn2c(C(=O)CC3c4c(F)cccc4C[C@H]3C(=O)OC)c(C)nc12. The van der Waals surface area contributed by atoms with Crippen LogP contribution < -0.4 is 4.74 Å². The molecular formula is C23H23FN2O4. The number of Topliss-reactive ketones (excluding diaryl/α,β-unsaturated/α-hetero) is 1. The zero-order chi connectivity index (χ0) is 21.4. The Bertz CT molecular complexity index is 1140. The van der Waals surface area contributed by atoms with Crippen LogP contribution in [-0.2, 0) is 16.0 Å². The minimum atomic E-state index is -0.593. The van der Waals surface area contributed by atoms with Gasteiger partial charge in [0.15, 0.2) is 17.2 Å². The van der Waals surface area contributed by atoms with Crippen LogP contribution in [0.2, 0.25) is 0 Å². The molecule has 1 unspecified atom stereocenters. The van der Waals surface area contributed by atoms with E-state index in [1.807, 2.05) is 6.92 Å². The number of aryl methyl sites for hydroxylation is 1. The Hall–Kier alpha value is -3.22. The van der Waals surface area contributed by atoms with Crippen molar-refractivity contribution in [2.45, 2.75) is 32.6 Å². The number of nitrogens with zero attached hydrogens (tertiary/aromatic N) is 2. The maximum atomic E-state index is 14.6. The molecule has 6 nitrogen and oxygen atoms in total. The Morgan fingerprint density at radius 1 is 1.27 bits per heavy atom. The smallest absolute Gasteiger partial charge is 0.309 e. The van der Waals surface area contributed by atoms with Crippen molar-refractivity contribution in [3.05, 3.63) is 64.9 Å². The molecule has 0 fully saturated rings. The maximum absolute atomic E-state index is 14.6. The third kappa shape index (κ3) is 3.24. The number of methoxy groups -OCH3 is 1. The number of ketones is 1. The quantitative estimate of drug-likeness (QED) is 0.456. The highest BCUT2D eigenvalue weighted by Gasteiger charge is 2.41. The third-order valence-electron chi connectivity index (χ3n) is 5.70. The van der Waals surface area contributed by atoms with E-state index in [1.54, 1.807) is 41.8 Å². The highest BCUT2D eigenvalue weighted by molar-refractivity contribution is 5.97. The second-order valence-electron chi connectivity index (χ2n) is 7.43. The molecule has 0 saturated carbocycles. The zero-order valence-electron chi connectivity index (χ0n) is 17.1. The Morgan fingerprint density at radius 3 is 2.80 bits per heavy atom. The molecule has 2 aromatic heterocycles. The van der Waals surface area contributed by atoms with E-state index in [9.17, 15) is 14.0 Å². The standard InChI is InChI=1S/C23H23FN2O4/c1-4-30-19-9-6-10-26-21(13(2)25-22(19)26)18(27)12-15-16(23(28)29-3)11-14-7-5-8-17(24)20(14)15/h5-10,15-16H,4,11-12H2,1-3H3/t15?,16-/m1/s1. The number of halogens is 1. The molecule has 2 atom stereocenters. The summed E-state index contributed by atoms with van der Waals surface area (Å²) in [6, 6.07) is 8.38. The fourth-order valence-corrected chi connectivity index (χ4v) is 4.46. The molecule has 3 aromatic rings. The molecule has 1 aliphatic carbocycles. The van der Waals surface area contributed by atoms with Crippen LogP contribution in [0, 0.1) is 18.7 Å². The van der Waals surface area contributed by atoms with Crippen LogP contribution in [0.1, 0.15) is 46.6 Å². The van der Waals surface area contributed by atoms with E-state index < -0.39 is 23.6 Å². The number of aromatic nitrogens is 2. The molecular weight excluding hydrogens is 387 g/mol. The van der Waals surface area contributed by atoms with Gasteiger partial charge in [0.25, 0.3) is 0 Å². The second-order valence-corrected chi connectivity index (χ2v) is 7.43. The van der Waals surface area contributed by atoms with Gasteiger partial charge in [-0.2, -0.15) is 0 Å². The van der Waals surface area contributed by atoms with E-state index in [1.165, 1.54) is 13.2 Å². The van der Waals surface area contributed by atoms with Crippen LogP contribution in [0.15, 0.2) is 36.5 Å². The molecule has 1 aromatic carbocycles. The number of pyridine rings is 1. The molecule has 4 rings (SSSR count). The summed E-state index contributed by atoms with van der Waals surface area (Å²) in [4.78, 5) is 30.3. The van der Waals surface area contributed by atoms with Crippen molar-refractivity contribution in [2.24, 2.45) is 5.92 Å². The second kappa shape index (κ2) is 7.89. The van der Waals surface area contributed by atoms with Gasteiger partial charge in [0, 0.05) is 18.5 Å². The van der Waals surface area contributed by atoms with Gasteiger partial charge in [-0.25, -0.2) is 9.37 Å². The molecule has 1 aliphatic rings. The lowest BCUT2D eigenvalue weighted by Gasteiger charge is -2.18. The molecule has 156 valence electrons. The first-order valence-corrected chi connectivity index (χ1v) is 9.95. The van der Waals surface area contributed by atoms with Gasteiger partial charge in [-0.05, 0) is 49.6 Å². The number of hydrogen-bond acceptors (Lipinski definition) is 5. The fraction of sp³-hybridized carbons (Fsp3) is 0.348. The summed E-state index contributed by atoms with van der Waals surface area (Å²) < 4.78 is 26.9. The number of imidazole rings is 1. The molecule has 0 N–H and O–H groups in total. The Morgan fingerprint density at radius 2 is 2.07 bits per heavy atom. The average molecular weight is 410 g/mol. The van der Waals surface area contributed by atoms with Gasteiger partial charge in [0.1, 0.15) is 11.5 Å². The zero-order valence-corrected chi connectivity index (χ0v) is 17.1. The highest BCUT2D eigenvalue weighted by Crippen LogP contribution is 2.43. The first-order valence-electron chi connectivity index (χ1n) is 9.95. The monoisotopic (exact) mass is 410 g/mol. The number of carbonyl (C=O) groups excluding carboxylic acids is 2. The van der Waals surface area contributed by atoms with Gasteiger partial charge in [-0.3, -0.25) is 14.0 Å². The first kappa shape index (κ1) is 20.1. The van der Waals surface area contributed by atoms with Crippen LogP contribution in [0.5, 0.6) is 5.75 Å². The van der Waals surface area contributed by atoms with Gasteiger partial charge in [0.05, 0.1) is 25.3 Å². The minimum absolute atomic E-state index is 0.0127. The maximum Gasteiger partial charge on any atom is 0.309 e. The molecule has 2 heterocycles. The number of hydrogen-bond donors (Lipinski definition) is 0. The Labute approximate surface area is 173 Å². The summed E-state index contributed by atoms with van der Waals surface area (Å²) in [6.07, 6.45) is 2.10. The van der Waals surface area contributed by atoms with Crippen LogP contribution in [-0.4, -0.2) is 34.9 Å². The van der Waals surface area contributed by atoms with Gasteiger partial charge >= 0.3 is 5.97 Å². The Kier molecular flexibility index (Phi) is 5.28. The summed E-state index contributed by atoms with van der Waals surface area (Å²) in [6.45, 7) is 4.12. The number of carbonyl (C=O) groups is 2. The van der Waals surface area contributed by atoms with Gasteiger partial charge in [0.2, 0.25) is 0 Å². The molecule has 0 saturated heterocycles. The predicted octanol–water partition coefficient (Wildman–Crippen LogP) is 3.88. The van der Waals surface area contributed by atoms with Crippen LogP contribution in [0.3, 0.4) is 0 Å². The molecule has 0 bridgehead atoms. The molecule has 0 amide bonds. The van der Waals surface area contributed by atoms with Crippen LogP contribution >= 0.6 is 0 Å². The van der Waals surface area contributed by atoms with Crippen molar-refractivity contribution >= 4 is 17.4 Å². The van der Waals surface area contributed by atoms with E-state index in [4.69, 9.17) is 9.47 Å². The first-order chi connectivity index (χ1) is 14.5. The predicted molar refractivity (Wildman–Crippen MR) is 108 cm³/mol. The average Bonchev–Trinajstić information content (AvgIpc) is 3.26. The van der Waals surface area contributed by atoms with Crippen molar-refractivity contribution in [3.63, 3.8) is 0 Å². The van der Waals surface area contributed by atoms with E-state index >= 15 is 0 Å². The van der Waals surface area contributed by atoms with E-state index in [0.29, 0.717) is 41.4 Å². The van der Waals surface area contributed by atoms with Crippen molar-refractivity contribution in [2.75, 3.05) is 13.7 Å². The number of fused-ring (bicyclic) bond motifs is 2. The lowest BCUT2D eigenvalue weighted by Crippen LogP contribution is -2.23. The van der Waals surface area contributed by atoms with E-state index in [2.05, 4.69) is 4.98 Å². The summed E-state index contributed by atoms with van der Waals surface area (Å²) in [5, 5.41) is 0. The van der Waals surface area contributed by atoms with E-state index in [0.717, 1.165) is 5.56 Å². The van der Waals surface area contributed by atoms with Gasteiger partial charge in [-0.1, -0.05) is 12.1 Å². The van der Waals surface area contributed by atoms with Crippen molar-refractivity contribution in [3.8, 4) is 5.75 Å². The van der Waals surface area contributed by atoms with Crippen LogP contribution in [0.25, 0.3) is 5.65 Å². The lowest BCUT2D eigenvalue weighted by atomic mass is 9.87. The van der Waals surface area contributed by atoms with Crippen LogP contribution in [0.4, 0.5) is 4.39 Å². The summed E-state index contributed by atoms with van der Waals surface area (Å²) in [7, 11) is 1.31. The fourth-order valence-electron chi connectivity index (χ4n) is 4.46. The summed E-state index contributed by atoms with van der Waals surface area (Å²) in [5.41, 5.74) is 2.72. The van der Waals surface area contributed by atoms with E-state index in [-0.39, 0.29) is 12.2 Å². The third-order valence-corrected chi connectivity index (χ3v) is 5.70. The molecule has 0 aliphatic heterocycles. The molecule has 30 heavy (non-hydrogen) atoms. The number of esters is 1. The lowest BCUT2D eigenvalue weighted by molar-refractivity contribution is -0.145. The normalized spacial score (nSPS) is 17.7. The highest BCUT2D eigenvalue weighted by atomic mass is 19.1. The van der Waals surface area contributed by atoms with Crippen molar-refractivity contribution in [1.82, 2.24) is 9.38 Å². The van der Waals surface area contributed by atoms with Crippen molar-refractivity contribution < 1.29 is 23.5 Å². The number of ether oxygens (including phenoxy) is 2. The number of rotatable bonds is 6. The minimum Gasteiger partial charge on any atom is -0.490 e. The molecule has 0 radical (unpaired) electrons. The topological polar surface area (TPSA) is 69.9 Å². The molecule has 7 heteroatoms. The summed E-state index contributed by atoms with van der Waals surface area (Å²) >= 11 is 0. The molecule has 0 spiro atoms. The summed E-state index contributed by atoms with van der Waals surface area (Å²) in [5.74, 6) is -1.62.